The summed E-state index contributed by atoms with van der Waals surface area (Å²) in [6, 6.07) is 0. The van der Waals surface area contributed by atoms with Crippen molar-refractivity contribution >= 4 is 17.5 Å². The van der Waals surface area contributed by atoms with Gasteiger partial charge >= 0.3 is 0 Å². The predicted octanol–water partition coefficient (Wildman–Crippen LogP) is 2.95. The molecule has 1 aromatic rings. The Labute approximate surface area is 167 Å². The van der Waals surface area contributed by atoms with Gasteiger partial charge in [-0.15, -0.1) is 5.10 Å². The normalized spacial score (nSPS) is 18.0. The number of nitrogens with zero attached hydrogens (tertiary/aromatic N) is 3. The molecule has 0 radical (unpaired) electrons. The van der Waals surface area contributed by atoms with Gasteiger partial charge in [-0.2, -0.15) is 0 Å². The number of carbonyl (C=O) groups excluding carboxylic acids is 2. The van der Waals surface area contributed by atoms with Crippen molar-refractivity contribution < 1.29 is 9.59 Å². The maximum Gasteiger partial charge on any atom is 0.273 e. The van der Waals surface area contributed by atoms with Crippen molar-refractivity contribution in [1.29, 1.82) is 0 Å². The SMILES string of the molecule is CC.CCCc1c(C(=O)NCC2CC2)nnn1C1=CCC(C(=O)NCC)C=C1. The van der Waals surface area contributed by atoms with Crippen molar-refractivity contribution in [2.75, 3.05) is 13.1 Å². The van der Waals surface area contributed by atoms with Crippen LogP contribution in [0.2, 0.25) is 0 Å². The van der Waals surface area contributed by atoms with E-state index in [4.69, 9.17) is 0 Å². The van der Waals surface area contributed by atoms with E-state index in [0.717, 1.165) is 24.2 Å². The standard InChI is InChI=1S/C19H27N5O2.C2H6/c1-3-5-16-17(19(26)21-12-13-6-7-13)22-23-24(16)15-10-8-14(9-11-15)18(25)20-4-2;1-2/h8,10-11,13-14H,3-7,9,12H2,1-2H3,(H,20,25)(H,21,26);1-2H3. The van der Waals surface area contributed by atoms with Gasteiger partial charge in [0.15, 0.2) is 5.69 Å². The number of allylic oxidation sites excluding steroid dienone is 3. The van der Waals surface area contributed by atoms with Crippen LogP contribution in [0.15, 0.2) is 18.2 Å². The van der Waals surface area contributed by atoms with Gasteiger partial charge in [-0.05, 0) is 44.6 Å². The van der Waals surface area contributed by atoms with E-state index < -0.39 is 0 Å². The summed E-state index contributed by atoms with van der Waals surface area (Å²) in [4.78, 5) is 24.4. The van der Waals surface area contributed by atoms with Crippen LogP contribution in [0.3, 0.4) is 0 Å². The number of aromatic nitrogens is 3. The smallest absolute Gasteiger partial charge is 0.273 e. The van der Waals surface area contributed by atoms with E-state index in [1.165, 1.54) is 12.8 Å². The molecule has 1 fully saturated rings. The van der Waals surface area contributed by atoms with E-state index in [0.29, 0.717) is 31.1 Å². The van der Waals surface area contributed by atoms with Crippen LogP contribution in [0.4, 0.5) is 0 Å². The second kappa shape index (κ2) is 10.8. The lowest BCUT2D eigenvalue weighted by Crippen LogP contribution is -2.30. The number of nitrogens with one attached hydrogen (secondary N) is 2. The molecular formula is C21H33N5O2. The Morgan fingerprint density at radius 1 is 1.21 bits per heavy atom. The number of carbonyl (C=O) groups is 2. The first-order valence-electron chi connectivity index (χ1n) is 10.5. The summed E-state index contributed by atoms with van der Waals surface area (Å²) < 4.78 is 1.74. The number of amides is 2. The Morgan fingerprint density at radius 3 is 2.54 bits per heavy atom. The van der Waals surface area contributed by atoms with E-state index in [9.17, 15) is 9.59 Å². The third-order valence-electron chi connectivity index (χ3n) is 4.73. The van der Waals surface area contributed by atoms with Crippen molar-refractivity contribution in [3.8, 4) is 0 Å². The van der Waals surface area contributed by atoms with Crippen LogP contribution in [0, 0.1) is 11.8 Å². The minimum absolute atomic E-state index is 0.0339. The lowest BCUT2D eigenvalue weighted by atomic mass is 9.98. The maximum absolute atomic E-state index is 12.5. The summed E-state index contributed by atoms with van der Waals surface area (Å²) in [5, 5.41) is 14.2. The average Bonchev–Trinajstić information content (AvgIpc) is 3.47. The molecular weight excluding hydrogens is 354 g/mol. The van der Waals surface area contributed by atoms with Crippen molar-refractivity contribution in [1.82, 2.24) is 25.6 Å². The zero-order valence-electron chi connectivity index (χ0n) is 17.5. The molecule has 0 bridgehead atoms. The Kier molecular flexibility index (Phi) is 8.42. The number of rotatable bonds is 8. The van der Waals surface area contributed by atoms with Gasteiger partial charge < -0.3 is 10.6 Å². The highest BCUT2D eigenvalue weighted by molar-refractivity contribution is 5.93. The summed E-state index contributed by atoms with van der Waals surface area (Å²) in [6.07, 6.45) is 10.4. The fourth-order valence-electron chi connectivity index (χ4n) is 3.06. The van der Waals surface area contributed by atoms with E-state index in [1.807, 2.05) is 39.0 Å². The first-order valence-corrected chi connectivity index (χ1v) is 10.5. The molecule has 7 nitrogen and oxygen atoms in total. The quantitative estimate of drug-likeness (QED) is 0.718. The van der Waals surface area contributed by atoms with Gasteiger partial charge in [-0.1, -0.05) is 44.6 Å². The van der Waals surface area contributed by atoms with Crippen LogP contribution in [0.25, 0.3) is 5.70 Å². The molecule has 154 valence electrons. The Balaban J connectivity index is 0.00000136. The fourth-order valence-corrected chi connectivity index (χ4v) is 3.06. The van der Waals surface area contributed by atoms with Gasteiger partial charge in [0.1, 0.15) is 0 Å². The van der Waals surface area contributed by atoms with E-state index in [1.54, 1.807) is 4.68 Å². The number of hydrogen-bond donors (Lipinski definition) is 2. The molecule has 2 N–H and O–H groups in total. The van der Waals surface area contributed by atoms with Crippen LogP contribution in [0.5, 0.6) is 0 Å². The molecule has 1 aromatic heterocycles. The highest BCUT2D eigenvalue weighted by Crippen LogP contribution is 2.28. The average molecular weight is 388 g/mol. The van der Waals surface area contributed by atoms with Crippen LogP contribution in [-0.2, 0) is 11.2 Å². The molecule has 0 spiro atoms. The largest absolute Gasteiger partial charge is 0.356 e. The van der Waals surface area contributed by atoms with Gasteiger partial charge in [0.2, 0.25) is 5.91 Å². The molecule has 2 aliphatic carbocycles. The number of hydrogen-bond acceptors (Lipinski definition) is 4. The van der Waals surface area contributed by atoms with Crippen LogP contribution >= 0.6 is 0 Å². The van der Waals surface area contributed by atoms with Crippen molar-refractivity contribution in [2.45, 2.75) is 59.8 Å². The van der Waals surface area contributed by atoms with Gasteiger partial charge in [-0.25, -0.2) is 4.68 Å². The molecule has 3 rings (SSSR count). The highest BCUT2D eigenvalue weighted by Gasteiger charge is 2.25. The second-order valence-electron chi connectivity index (χ2n) is 6.92. The Bertz CT molecular complexity index is 731. The fraction of sp³-hybridized carbons (Fsp3) is 0.619. The summed E-state index contributed by atoms with van der Waals surface area (Å²) in [6.45, 7) is 9.32. The van der Waals surface area contributed by atoms with Crippen molar-refractivity contribution in [3.05, 3.63) is 29.6 Å². The van der Waals surface area contributed by atoms with Gasteiger partial charge in [0, 0.05) is 13.1 Å². The summed E-state index contributed by atoms with van der Waals surface area (Å²) in [7, 11) is 0. The Morgan fingerprint density at radius 2 is 1.96 bits per heavy atom. The van der Waals surface area contributed by atoms with Crippen LogP contribution < -0.4 is 10.6 Å². The molecule has 0 saturated heterocycles. The minimum atomic E-state index is -0.154. The highest BCUT2D eigenvalue weighted by atomic mass is 16.2. The van der Waals surface area contributed by atoms with Crippen molar-refractivity contribution in [3.63, 3.8) is 0 Å². The molecule has 1 heterocycles. The molecule has 7 heteroatoms. The lowest BCUT2D eigenvalue weighted by Gasteiger charge is -2.16. The summed E-state index contributed by atoms with van der Waals surface area (Å²) >= 11 is 0. The molecule has 0 aromatic carbocycles. The predicted molar refractivity (Wildman–Crippen MR) is 111 cm³/mol. The van der Waals surface area contributed by atoms with Crippen LogP contribution in [0.1, 0.15) is 69.6 Å². The zero-order valence-corrected chi connectivity index (χ0v) is 17.5. The molecule has 28 heavy (non-hydrogen) atoms. The van der Waals surface area contributed by atoms with E-state index >= 15 is 0 Å². The third-order valence-corrected chi connectivity index (χ3v) is 4.73. The topological polar surface area (TPSA) is 88.9 Å². The van der Waals surface area contributed by atoms with Gasteiger partial charge in [0.25, 0.3) is 5.91 Å². The second-order valence-corrected chi connectivity index (χ2v) is 6.92. The van der Waals surface area contributed by atoms with Crippen molar-refractivity contribution in [2.24, 2.45) is 11.8 Å². The molecule has 2 aliphatic rings. The lowest BCUT2D eigenvalue weighted by molar-refractivity contribution is -0.123. The summed E-state index contributed by atoms with van der Waals surface area (Å²) in [5.41, 5.74) is 2.10. The monoisotopic (exact) mass is 387 g/mol. The Hall–Kier alpha value is -2.44. The van der Waals surface area contributed by atoms with Gasteiger partial charge in [0.05, 0.1) is 17.3 Å². The maximum atomic E-state index is 12.5. The molecule has 2 amide bonds. The molecule has 1 unspecified atom stereocenters. The molecule has 1 atom stereocenters. The first-order chi connectivity index (χ1) is 13.6. The minimum Gasteiger partial charge on any atom is -0.356 e. The van der Waals surface area contributed by atoms with E-state index in [2.05, 4.69) is 27.9 Å². The van der Waals surface area contributed by atoms with E-state index in [-0.39, 0.29) is 17.7 Å². The molecule has 1 saturated carbocycles. The van der Waals surface area contributed by atoms with Gasteiger partial charge in [-0.3, -0.25) is 9.59 Å². The third kappa shape index (κ3) is 5.53. The molecule has 0 aliphatic heterocycles. The summed E-state index contributed by atoms with van der Waals surface area (Å²) in [5.74, 6) is 0.357. The first kappa shape index (κ1) is 21.9. The zero-order chi connectivity index (χ0) is 20.5. The van der Waals surface area contributed by atoms with Crippen LogP contribution in [-0.4, -0.2) is 39.9 Å².